The Kier molecular flexibility index (Phi) is 7.81. The summed E-state index contributed by atoms with van der Waals surface area (Å²) >= 11 is 0. The van der Waals surface area contributed by atoms with E-state index in [9.17, 15) is 9.36 Å². The van der Waals surface area contributed by atoms with Crippen molar-refractivity contribution in [2.45, 2.75) is 47.5 Å². The standard InChI is InChI=1S/C13H27O4P/c1-6-16-12(14)8-10-18(15,17-7-2)11-9-13(3,4)5/h6-11H2,1-5H3. The van der Waals surface area contributed by atoms with Gasteiger partial charge < -0.3 is 9.26 Å². The molecule has 0 spiro atoms. The third-order valence-electron chi connectivity index (χ3n) is 2.53. The average molecular weight is 278 g/mol. The van der Waals surface area contributed by atoms with Crippen LogP contribution in [0.4, 0.5) is 0 Å². The van der Waals surface area contributed by atoms with Gasteiger partial charge in [0.05, 0.1) is 19.6 Å². The van der Waals surface area contributed by atoms with Crippen molar-refractivity contribution < 1.29 is 18.6 Å². The molecule has 0 saturated heterocycles. The van der Waals surface area contributed by atoms with E-state index in [-0.39, 0.29) is 24.0 Å². The molecular weight excluding hydrogens is 251 g/mol. The highest BCUT2D eigenvalue weighted by atomic mass is 31.2. The van der Waals surface area contributed by atoms with E-state index in [1.807, 2.05) is 6.92 Å². The number of carbonyl (C=O) groups excluding carboxylic acids is 1. The maximum Gasteiger partial charge on any atom is 0.306 e. The van der Waals surface area contributed by atoms with Crippen LogP contribution in [0.1, 0.15) is 47.5 Å². The molecule has 1 atom stereocenters. The minimum Gasteiger partial charge on any atom is -0.466 e. The molecular formula is C13H27O4P. The zero-order valence-corrected chi connectivity index (χ0v) is 13.2. The van der Waals surface area contributed by atoms with Gasteiger partial charge in [-0.15, -0.1) is 0 Å². The quantitative estimate of drug-likeness (QED) is 0.502. The Morgan fingerprint density at radius 1 is 1.11 bits per heavy atom. The molecule has 0 amide bonds. The van der Waals surface area contributed by atoms with Crippen molar-refractivity contribution in [1.29, 1.82) is 0 Å². The van der Waals surface area contributed by atoms with Crippen molar-refractivity contribution in [2.75, 3.05) is 25.5 Å². The smallest absolute Gasteiger partial charge is 0.306 e. The predicted molar refractivity (Wildman–Crippen MR) is 74.3 cm³/mol. The first-order valence-electron chi connectivity index (χ1n) is 6.60. The van der Waals surface area contributed by atoms with E-state index in [1.54, 1.807) is 6.92 Å². The van der Waals surface area contributed by atoms with E-state index in [0.717, 1.165) is 6.42 Å². The second-order valence-electron chi connectivity index (χ2n) is 5.55. The summed E-state index contributed by atoms with van der Waals surface area (Å²) in [7, 11) is -2.69. The van der Waals surface area contributed by atoms with Gasteiger partial charge in [-0.3, -0.25) is 9.36 Å². The third kappa shape index (κ3) is 8.71. The lowest BCUT2D eigenvalue weighted by atomic mass is 9.94. The molecule has 108 valence electrons. The second kappa shape index (κ2) is 7.96. The highest BCUT2D eigenvalue weighted by molar-refractivity contribution is 7.59. The first-order chi connectivity index (χ1) is 8.22. The molecule has 0 saturated carbocycles. The number of hydrogen-bond donors (Lipinski definition) is 0. The Balaban J connectivity index is 4.34. The summed E-state index contributed by atoms with van der Waals surface area (Å²) < 4.78 is 22.8. The monoisotopic (exact) mass is 278 g/mol. The van der Waals surface area contributed by atoms with E-state index in [2.05, 4.69) is 20.8 Å². The molecule has 0 aliphatic heterocycles. The number of esters is 1. The van der Waals surface area contributed by atoms with E-state index < -0.39 is 7.37 Å². The molecule has 0 aromatic rings. The molecule has 0 heterocycles. The van der Waals surface area contributed by atoms with E-state index in [0.29, 0.717) is 19.4 Å². The molecule has 1 unspecified atom stereocenters. The van der Waals surface area contributed by atoms with Crippen LogP contribution < -0.4 is 0 Å². The van der Waals surface area contributed by atoms with Gasteiger partial charge >= 0.3 is 5.97 Å². The number of rotatable bonds is 8. The minimum atomic E-state index is -2.69. The summed E-state index contributed by atoms with van der Waals surface area (Å²) in [5.74, 6) is -0.298. The van der Waals surface area contributed by atoms with Gasteiger partial charge in [0.1, 0.15) is 0 Å². The van der Waals surface area contributed by atoms with Crippen LogP contribution >= 0.6 is 7.37 Å². The topological polar surface area (TPSA) is 52.6 Å². The van der Waals surface area contributed by atoms with Gasteiger partial charge in [-0.05, 0) is 25.7 Å². The summed E-state index contributed by atoms with van der Waals surface area (Å²) in [6, 6.07) is 0. The minimum absolute atomic E-state index is 0.122. The fourth-order valence-corrected chi connectivity index (χ4v) is 3.96. The maximum absolute atomic E-state index is 12.5. The van der Waals surface area contributed by atoms with Gasteiger partial charge in [-0.1, -0.05) is 20.8 Å². The van der Waals surface area contributed by atoms with Crippen molar-refractivity contribution in [1.82, 2.24) is 0 Å². The Labute approximate surface area is 111 Å². The van der Waals surface area contributed by atoms with Crippen molar-refractivity contribution in [2.24, 2.45) is 5.41 Å². The van der Waals surface area contributed by atoms with Gasteiger partial charge in [0.2, 0.25) is 7.37 Å². The van der Waals surface area contributed by atoms with Crippen molar-refractivity contribution in [3.63, 3.8) is 0 Å². The molecule has 0 fully saturated rings. The van der Waals surface area contributed by atoms with Crippen LogP contribution in [-0.4, -0.2) is 31.5 Å². The van der Waals surface area contributed by atoms with E-state index >= 15 is 0 Å². The molecule has 0 aromatic heterocycles. The number of carbonyl (C=O) groups is 1. The average Bonchev–Trinajstić information content (AvgIpc) is 2.24. The molecule has 0 aliphatic rings. The summed E-state index contributed by atoms with van der Waals surface area (Å²) in [5, 5.41) is 0. The molecule has 0 bridgehead atoms. The highest BCUT2D eigenvalue weighted by Crippen LogP contribution is 2.49. The van der Waals surface area contributed by atoms with Crippen LogP contribution in [0.25, 0.3) is 0 Å². The highest BCUT2D eigenvalue weighted by Gasteiger charge is 2.26. The molecule has 0 aliphatic carbocycles. The zero-order valence-electron chi connectivity index (χ0n) is 12.3. The second-order valence-corrected chi connectivity index (χ2v) is 8.33. The van der Waals surface area contributed by atoms with E-state index in [4.69, 9.17) is 9.26 Å². The molecule has 4 nitrogen and oxygen atoms in total. The normalized spacial score (nSPS) is 15.2. The molecule has 0 aromatic carbocycles. The van der Waals surface area contributed by atoms with Crippen molar-refractivity contribution >= 4 is 13.3 Å². The van der Waals surface area contributed by atoms with Crippen LogP contribution in [-0.2, 0) is 18.6 Å². The van der Waals surface area contributed by atoms with Gasteiger partial charge in [0.25, 0.3) is 0 Å². The summed E-state index contributed by atoms with van der Waals surface area (Å²) in [4.78, 5) is 11.3. The molecule has 0 radical (unpaired) electrons. The Hall–Kier alpha value is -0.340. The zero-order chi connectivity index (χ0) is 14.2. The van der Waals surface area contributed by atoms with Crippen molar-refractivity contribution in [3.05, 3.63) is 0 Å². The first kappa shape index (κ1) is 17.7. The van der Waals surface area contributed by atoms with Gasteiger partial charge in [-0.2, -0.15) is 0 Å². The Bertz CT molecular complexity index is 294. The molecule has 18 heavy (non-hydrogen) atoms. The lowest BCUT2D eigenvalue weighted by Crippen LogP contribution is -2.13. The molecule has 0 rings (SSSR count). The lowest BCUT2D eigenvalue weighted by Gasteiger charge is -2.23. The van der Waals surface area contributed by atoms with Gasteiger partial charge in [0, 0.05) is 12.3 Å². The fraction of sp³-hybridized carbons (Fsp3) is 0.923. The van der Waals surface area contributed by atoms with Gasteiger partial charge in [-0.25, -0.2) is 0 Å². The van der Waals surface area contributed by atoms with E-state index in [1.165, 1.54) is 0 Å². The summed E-state index contributed by atoms with van der Waals surface area (Å²) in [6.45, 7) is 10.7. The molecule has 0 N–H and O–H groups in total. The third-order valence-corrected chi connectivity index (χ3v) is 5.07. The van der Waals surface area contributed by atoms with Crippen LogP contribution in [0, 0.1) is 5.41 Å². The Morgan fingerprint density at radius 2 is 1.72 bits per heavy atom. The van der Waals surface area contributed by atoms with Gasteiger partial charge in [0.15, 0.2) is 0 Å². The maximum atomic E-state index is 12.5. The Morgan fingerprint density at radius 3 is 2.17 bits per heavy atom. The summed E-state index contributed by atoms with van der Waals surface area (Å²) in [6.07, 6.45) is 1.82. The van der Waals surface area contributed by atoms with Crippen LogP contribution in [0.15, 0.2) is 0 Å². The summed E-state index contributed by atoms with van der Waals surface area (Å²) in [5.41, 5.74) is 0.122. The number of hydrogen-bond acceptors (Lipinski definition) is 4. The largest absolute Gasteiger partial charge is 0.466 e. The van der Waals surface area contributed by atoms with Crippen LogP contribution in [0.2, 0.25) is 0 Å². The lowest BCUT2D eigenvalue weighted by molar-refractivity contribution is -0.142. The number of ether oxygens (including phenoxy) is 1. The SMILES string of the molecule is CCOC(=O)CCP(=O)(CCC(C)(C)C)OCC. The first-order valence-corrected chi connectivity index (χ1v) is 8.60. The van der Waals surface area contributed by atoms with Crippen molar-refractivity contribution in [3.8, 4) is 0 Å². The van der Waals surface area contributed by atoms with Crippen LogP contribution in [0.5, 0.6) is 0 Å². The molecule has 5 heteroatoms. The fourth-order valence-electron chi connectivity index (χ4n) is 1.48. The predicted octanol–water partition coefficient (Wildman–Crippen LogP) is 3.69. The van der Waals surface area contributed by atoms with Crippen LogP contribution in [0.3, 0.4) is 0 Å².